The molecular formula is C24H29Cl2NO2. The zero-order valence-electron chi connectivity index (χ0n) is 17.0. The second kappa shape index (κ2) is 9.51. The molecular weight excluding hydrogens is 405 g/mol. The number of hydrogen-bond acceptors (Lipinski definition) is 3. The summed E-state index contributed by atoms with van der Waals surface area (Å²) in [6.07, 6.45) is 6.31. The zero-order valence-corrected chi connectivity index (χ0v) is 18.5. The summed E-state index contributed by atoms with van der Waals surface area (Å²) in [7, 11) is 0. The third kappa shape index (κ3) is 4.33. The maximum Gasteiger partial charge on any atom is 0.183 e. The van der Waals surface area contributed by atoms with Crippen LogP contribution in [0.3, 0.4) is 0 Å². The molecule has 156 valence electrons. The van der Waals surface area contributed by atoms with Crippen molar-refractivity contribution in [2.24, 2.45) is 0 Å². The lowest BCUT2D eigenvalue weighted by Gasteiger charge is -2.48. The number of Topliss-reactive ketones (excluding diaryl/α,β-unsaturated/α-hetero) is 1. The number of halogens is 2. The Bertz CT molecular complexity index is 868. The van der Waals surface area contributed by atoms with Gasteiger partial charge in [-0.2, -0.15) is 0 Å². The molecule has 1 fully saturated rings. The van der Waals surface area contributed by atoms with Gasteiger partial charge in [0.1, 0.15) is 12.4 Å². The van der Waals surface area contributed by atoms with E-state index in [1.54, 1.807) is 0 Å². The van der Waals surface area contributed by atoms with Crippen LogP contribution in [-0.4, -0.2) is 29.3 Å². The highest BCUT2D eigenvalue weighted by atomic mass is 35.5. The molecule has 0 amide bonds. The minimum atomic E-state index is -0.277. The Morgan fingerprint density at radius 1 is 1.14 bits per heavy atom. The molecule has 1 heterocycles. The number of ether oxygens (including phenoxy) is 1. The number of nitrogens with zero attached hydrogens (tertiary/aromatic N) is 1. The van der Waals surface area contributed by atoms with E-state index >= 15 is 0 Å². The van der Waals surface area contributed by atoms with Crippen molar-refractivity contribution in [2.45, 2.75) is 57.6 Å². The highest BCUT2D eigenvalue weighted by molar-refractivity contribution is 6.31. The fourth-order valence-corrected chi connectivity index (χ4v) is 4.99. The van der Waals surface area contributed by atoms with Gasteiger partial charge < -0.3 is 4.74 Å². The van der Waals surface area contributed by atoms with Crippen molar-refractivity contribution in [1.82, 2.24) is 4.90 Å². The molecule has 0 N–H and O–H groups in total. The Morgan fingerprint density at radius 3 is 2.76 bits per heavy atom. The molecule has 0 bridgehead atoms. The first-order chi connectivity index (χ1) is 13.6. The van der Waals surface area contributed by atoms with Gasteiger partial charge in [0.2, 0.25) is 0 Å². The largest absolute Gasteiger partial charge is 0.489 e. The van der Waals surface area contributed by atoms with Gasteiger partial charge in [-0.15, -0.1) is 12.4 Å². The van der Waals surface area contributed by atoms with Crippen molar-refractivity contribution >= 4 is 29.8 Å². The van der Waals surface area contributed by atoms with Crippen molar-refractivity contribution in [1.29, 1.82) is 0 Å². The summed E-state index contributed by atoms with van der Waals surface area (Å²) in [5, 5.41) is 0.714. The minimum absolute atomic E-state index is 0. The second-order valence-electron chi connectivity index (χ2n) is 8.00. The number of piperidine rings is 1. The van der Waals surface area contributed by atoms with Gasteiger partial charge >= 0.3 is 0 Å². The van der Waals surface area contributed by atoms with Crippen molar-refractivity contribution in [3.8, 4) is 5.75 Å². The Balaban J connectivity index is 0.00000240. The number of ketones is 1. The molecule has 5 heteroatoms. The molecule has 4 rings (SSSR count). The fourth-order valence-electron chi connectivity index (χ4n) is 4.80. The summed E-state index contributed by atoms with van der Waals surface area (Å²) in [4.78, 5) is 16.0. The van der Waals surface area contributed by atoms with Crippen LogP contribution in [0.2, 0.25) is 5.02 Å². The number of benzene rings is 2. The summed E-state index contributed by atoms with van der Waals surface area (Å²) < 4.78 is 5.96. The van der Waals surface area contributed by atoms with Gasteiger partial charge in [0, 0.05) is 16.1 Å². The Kier molecular flexibility index (Phi) is 7.26. The fraction of sp³-hybridized carbons (Fsp3) is 0.458. The van der Waals surface area contributed by atoms with E-state index < -0.39 is 0 Å². The Hall–Kier alpha value is -1.55. The lowest BCUT2D eigenvalue weighted by Crippen LogP contribution is -2.59. The molecule has 0 radical (unpaired) electrons. The van der Waals surface area contributed by atoms with Gasteiger partial charge in [-0.05, 0) is 81.4 Å². The predicted octanol–water partition coefficient (Wildman–Crippen LogP) is 6.10. The van der Waals surface area contributed by atoms with Crippen LogP contribution in [-0.2, 0) is 13.0 Å². The van der Waals surface area contributed by atoms with Gasteiger partial charge in [-0.3, -0.25) is 9.69 Å². The number of rotatable bonds is 5. The lowest BCUT2D eigenvalue weighted by atomic mass is 9.71. The Morgan fingerprint density at radius 2 is 1.97 bits per heavy atom. The average molecular weight is 434 g/mol. The SMILES string of the molecule is CCCN1CCCCC12CCc1cc(OCc3ccccc3Cl)ccc1C2=O.Cl. The van der Waals surface area contributed by atoms with Crippen molar-refractivity contribution in [3.05, 3.63) is 64.2 Å². The molecule has 2 aliphatic rings. The molecule has 1 unspecified atom stereocenters. The highest BCUT2D eigenvalue weighted by Gasteiger charge is 2.47. The van der Waals surface area contributed by atoms with Gasteiger partial charge in [-0.1, -0.05) is 36.7 Å². The first-order valence-corrected chi connectivity index (χ1v) is 10.8. The number of carbonyl (C=O) groups is 1. The number of aryl methyl sites for hydroxylation is 1. The van der Waals surface area contributed by atoms with E-state index in [0.717, 1.165) is 67.6 Å². The van der Waals surface area contributed by atoms with Gasteiger partial charge in [-0.25, -0.2) is 0 Å². The van der Waals surface area contributed by atoms with E-state index in [0.29, 0.717) is 17.4 Å². The number of carbonyl (C=O) groups excluding carboxylic acids is 1. The van der Waals surface area contributed by atoms with Crippen LogP contribution in [0.5, 0.6) is 5.75 Å². The van der Waals surface area contributed by atoms with E-state index in [2.05, 4.69) is 11.8 Å². The summed E-state index contributed by atoms with van der Waals surface area (Å²) >= 11 is 6.22. The number of hydrogen-bond donors (Lipinski definition) is 0. The van der Waals surface area contributed by atoms with E-state index in [4.69, 9.17) is 16.3 Å². The molecule has 3 nitrogen and oxygen atoms in total. The van der Waals surface area contributed by atoms with Gasteiger partial charge in [0.25, 0.3) is 0 Å². The lowest BCUT2D eigenvalue weighted by molar-refractivity contribution is 0.0293. The van der Waals surface area contributed by atoms with Crippen LogP contribution in [0, 0.1) is 0 Å². The summed E-state index contributed by atoms with van der Waals surface area (Å²) in [6, 6.07) is 13.7. The molecule has 1 atom stereocenters. The topological polar surface area (TPSA) is 29.5 Å². The van der Waals surface area contributed by atoms with Crippen molar-refractivity contribution < 1.29 is 9.53 Å². The van der Waals surface area contributed by atoms with Crippen LogP contribution in [0.1, 0.15) is 60.5 Å². The van der Waals surface area contributed by atoms with Crippen LogP contribution in [0.25, 0.3) is 0 Å². The average Bonchev–Trinajstić information content (AvgIpc) is 2.72. The second-order valence-corrected chi connectivity index (χ2v) is 8.41. The van der Waals surface area contributed by atoms with Crippen LogP contribution in [0.4, 0.5) is 0 Å². The molecule has 2 aromatic rings. The molecule has 1 aliphatic heterocycles. The maximum absolute atomic E-state index is 13.5. The smallest absolute Gasteiger partial charge is 0.183 e. The monoisotopic (exact) mass is 433 g/mol. The van der Waals surface area contributed by atoms with Crippen LogP contribution >= 0.6 is 24.0 Å². The van der Waals surface area contributed by atoms with Gasteiger partial charge in [0.05, 0.1) is 5.54 Å². The van der Waals surface area contributed by atoms with Crippen molar-refractivity contribution in [2.75, 3.05) is 13.1 Å². The van der Waals surface area contributed by atoms with Crippen molar-refractivity contribution in [3.63, 3.8) is 0 Å². The molecule has 1 saturated heterocycles. The third-order valence-electron chi connectivity index (χ3n) is 6.27. The van der Waals surface area contributed by atoms with Crippen LogP contribution < -0.4 is 4.74 Å². The van der Waals surface area contributed by atoms with Crippen LogP contribution in [0.15, 0.2) is 42.5 Å². The van der Waals surface area contributed by atoms with E-state index in [-0.39, 0.29) is 17.9 Å². The standard InChI is InChI=1S/C24H28ClNO2.ClH/c1-2-14-26-15-6-5-12-24(26)13-11-18-16-20(9-10-21(18)23(24)27)28-17-19-7-3-4-8-22(19)25;/h3-4,7-10,16H,2,5-6,11-15,17H2,1H3;1H. The zero-order chi connectivity index (χ0) is 19.6. The summed E-state index contributed by atoms with van der Waals surface area (Å²) in [5.74, 6) is 1.12. The molecule has 0 aromatic heterocycles. The molecule has 2 aromatic carbocycles. The molecule has 1 spiro atoms. The maximum atomic E-state index is 13.5. The Labute approximate surface area is 184 Å². The molecule has 0 saturated carbocycles. The normalized spacial score (nSPS) is 21.5. The first kappa shape index (κ1) is 22.1. The predicted molar refractivity (Wildman–Crippen MR) is 121 cm³/mol. The van der Waals surface area contributed by atoms with Gasteiger partial charge in [0.15, 0.2) is 5.78 Å². The molecule has 1 aliphatic carbocycles. The number of fused-ring (bicyclic) bond motifs is 1. The summed E-state index contributed by atoms with van der Waals surface area (Å²) in [6.45, 7) is 4.70. The number of likely N-dealkylation sites (tertiary alicyclic amines) is 1. The van der Waals surface area contributed by atoms with E-state index in [1.807, 2.05) is 42.5 Å². The van der Waals surface area contributed by atoms with E-state index in [1.165, 1.54) is 6.42 Å². The molecule has 29 heavy (non-hydrogen) atoms. The minimum Gasteiger partial charge on any atom is -0.489 e. The third-order valence-corrected chi connectivity index (χ3v) is 6.64. The van der Waals surface area contributed by atoms with E-state index in [9.17, 15) is 4.79 Å². The first-order valence-electron chi connectivity index (χ1n) is 10.4. The quantitative estimate of drug-likeness (QED) is 0.569. The summed E-state index contributed by atoms with van der Waals surface area (Å²) in [5.41, 5.74) is 2.70. The highest BCUT2D eigenvalue weighted by Crippen LogP contribution is 2.40.